The molecule has 1 amide bonds. The van der Waals surface area contributed by atoms with E-state index < -0.39 is 0 Å². The lowest BCUT2D eigenvalue weighted by molar-refractivity contribution is -0.117. The Kier molecular flexibility index (Phi) is 5.95. The van der Waals surface area contributed by atoms with Crippen LogP contribution in [-0.4, -0.2) is 33.2 Å². The van der Waals surface area contributed by atoms with E-state index in [4.69, 9.17) is 0 Å². The Morgan fingerprint density at radius 2 is 2.30 bits per heavy atom. The molecule has 0 saturated heterocycles. The molecule has 20 heavy (non-hydrogen) atoms. The Morgan fingerprint density at radius 3 is 2.90 bits per heavy atom. The van der Waals surface area contributed by atoms with Crippen molar-refractivity contribution in [3.05, 3.63) is 24.3 Å². The zero-order valence-corrected chi connectivity index (χ0v) is 12.8. The molecule has 1 heterocycles. The fraction of sp³-hybridized carbons (Fsp3) is 0.600. The van der Waals surface area contributed by atoms with E-state index in [9.17, 15) is 9.90 Å². The van der Waals surface area contributed by atoms with Crippen molar-refractivity contribution in [1.82, 2.24) is 14.9 Å². The predicted octanol–water partition coefficient (Wildman–Crippen LogP) is 1.83. The quantitative estimate of drug-likeness (QED) is 0.748. The Morgan fingerprint density at radius 1 is 1.60 bits per heavy atom. The van der Waals surface area contributed by atoms with Gasteiger partial charge in [-0.2, -0.15) is 0 Å². The highest BCUT2D eigenvalue weighted by molar-refractivity contribution is 5.91. The molecule has 0 aromatic carbocycles. The van der Waals surface area contributed by atoms with Crippen molar-refractivity contribution in [2.45, 2.75) is 46.8 Å². The van der Waals surface area contributed by atoms with Gasteiger partial charge in [-0.25, -0.2) is 4.98 Å². The molecule has 0 radical (unpaired) electrons. The molecule has 2 N–H and O–H groups in total. The number of amides is 1. The van der Waals surface area contributed by atoms with Gasteiger partial charge in [0.25, 0.3) is 0 Å². The molecule has 112 valence electrons. The normalized spacial score (nSPS) is 13.7. The van der Waals surface area contributed by atoms with Gasteiger partial charge in [0.15, 0.2) is 0 Å². The molecule has 1 unspecified atom stereocenters. The number of aliphatic hydroxyl groups is 1. The number of aliphatic hydroxyl groups excluding tert-OH is 1. The molecule has 1 atom stereocenters. The number of carbonyl (C=O) groups excluding carboxylic acids is 1. The second-order valence-electron chi connectivity index (χ2n) is 5.84. The highest BCUT2D eigenvalue weighted by Crippen LogP contribution is 2.20. The van der Waals surface area contributed by atoms with Crippen molar-refractivity contribution < 1.29 is 9.90 Å². The summed E-state index contributed by atoms with van der Waals surface area (Å²) in [4.78, 5) is 15.9. The average molecular weight is 279 g/mol. The lowest BCUT2D eigenvalue weighted by Crippen LogP contribution is -2.34. The zero-order valence-electron chi connectivity index (χ0n) is 12.8. The molecular formula is C15H25N3O2. The average Bonchev–Trinajstić information content (AvgIpc) is 2.79. The summed E-state index contributed by atoms with van der Waals surface area (Å²) < 4.78 is 1.96. The van der Waals surface area contributed by atoms with Crippen molar-refractivity contribution in [3.63, 3.8) is 0 Å². The summed E-state index contributed by atoms with van der Waals surface area (Å²) in [7, 11) is 0. The number of imidazole rings is 1. The van der Waals surface area contributed by atoms with Crippen LogP contribution in [-0.2, 0) is 11.3 Å². The number of aromatic nitrogens is 2. The minimum absolute atomic E-state index is 0.125. The highest BCUT2D eigenvalue weighted by atomic mass is 16.3. The third kappa shape index (κ3) is 5.57. The first kappa shape index (κ1) is 16.4. The van der Waals surface area contributed by atoms with Gasteiger partial charge < -0.3 is 15.0 Å². The molecule has 0 aliphatic rings. The number of nitrogens with zero attached hydrogens (tertiary/aromatic N) is 2. The van der Waals surface area contributed by atoms with Crippen molar-refractivity contribution in [2.24, 2.45) is 5.41 Å². The number of hydrogen-bond acceptors (Lipinski definition) is 3. The maximum absolute atomic E-state index is 11.8. The molecule has 0 aliphatic carbocycles. The predicted molar refractivity (Wildman–Crippen MR) is 80.0 cm³/mol. The Bertz CT molecular complexity index is 461. The van der Waals surface area contributed by atoms with Gasteiger partial charge in [-0.15, -0.1) is 0 Å². The number of nitrogens with one attached hydrogen (secondary N) is 1. The smallest absolute Gasteiger partial charge is 0.244 e. The van der Waals surface area contributed by atoms with Gasteiger partial charge in [0.2, 0.25) is 5.91 Å². The van der Waals surface area contributed by atoms with Crippen LogP contribution in [0.2, 0.25) is 0 Å². The third-order valence-electron chi connectivity index (χ3n) is 3.06. The zero-order chi connectivity index (χ0) is 15.2. The standard InChI is InChI=1S/C15H25N3O2/c1-5-18-9-8-16-13(18)6-7-14(20)17-11-15(3,4)10-12(2)19/h6-9,12,19H,5,10-11H2,1-4H3,(H,17,20)/b7-6+. The lowest BCUT2D eigenvalue weighted by atomic mass is 9.87. The van der Waals surface area contributed by atoms with E-state index in [2.05, 4.69) is 10.3 Å². The molecule has 0 bridgehead atoms. The summed E-state index contributed by atoms with van der Waals surface area (Å²) in [5, 5.41) is 12.3. The summed E-state index contributed by atoms with van der Waals surface area (Å²) >= 11 is 0. The first-order valence-corrected chi connectivity index (χ1v) is 6.99. The number of hydrogen-bond donors (Lipinski definition) is 2. The van der Waals surface area contributed by atoms with E-state index in [1.807, 2.05) is 31.5 Å². The molecule has 0 saturated carbocycles. The van der Waals surface area contributed by atoms with Gasteiger partial charge >= 0.3 is 0 Å². The van der Waals surface area contributed by atoms with Crippen LogP contribution >= 0.6 is 0 Å². The van der Waals surface area contributed by atoms with Crippen LogP contribution in [0.15, 0.2) is 18.5 Å². The summed E-state index contributed by atoms with van der Waals surface area (Å²) in [6.07, 6.45) is 7.08. The Balaban J connectivity index is 2.48. The highest BCUT2D eigenvalue weighted by Gasteiger charge is 2.20. The largest absolute Gasteiger partial charge is 0.393 e. The van der Waals surface area contributed by atoms with Gasteiger partial charge in [-0.05, 0) is 31.8 Å². The maximum Gasteiger partial charge on any atom is 0.244 e. The van der Waals surface area contributed by atoms with Crippen LogP contribution in [0.4, 0.5) is 0 Å². The monoisotopic (exact) mass is 279 g/mol. The first-order valence-electron chi connectivity index (χ1n) is 6.99. The van der Waals surface area contributed by atoms with Gasteiger partial charge in [0, 0.05) is 31.6 Å². The van der Waals surface area contributed by atoms with Crippen molar-refractivity contribution in [1.29, 1.82) is 0 Å². The first-order chi connectivity index (χ1) is 9.34. The summed E-state index contributed by atoms with van der Waals surface area (Å²) in [6, 6.07) is 0. The van der Waals surface area contributed by atoms with Crippen LogP contribution in [0.1, 0.15) is 39.9 Å². The Hall–Kier alpha value is -1.62. The van der Waals surface area contributed by atoms with E-state index in [1.165, 1.54) is 6.08 Å². The van der Waals surface area contributed by atoms with Crippen molar-refractivity contribution in [2.75, 3.05) is 6.54 Å². The van der Waals surface area contributed by atoms with Gasteiger partial charge in [0.05, 0.1) is 6.10 Å². The number of carbonyl (C=O) groups is 1. The maximum atomic E-state index is 11.8. The van der Waals surface area contributed by atoms with Gasteiger partial charge in [-0.3, -0.25) is 4.79 Å². The third-order valence-corrected chi connectivity index (χ3v) is 3.06. The Labute approximate surface area is 120 Å². The van der Waals surface area contributed by atoms with Crippen molar-refractivity contribution in [3.8, 4) is 0 Å². The molecular weight excluding hydrogens is 254 g/mol. The van der Waals surface area contributed by atoms with E-state index >= 15 is 0 Å². The molecule has 0 fully saturated rings. The molecule has 5 heteroatoms. The number of aryl methyl sites for hydroxylation is 1. The van der Waals surface area contributed by atoms with Crippen LogP contribution in [0.5, 0.6) is 0 Å². The lowest BCUT2D eigenvalue weighted by Gasteiger charge is -2.26. The van der Waals surface area contributed by atoms with Crippen LogP contribution in [0, 0.1) is 5.41 Å². The fourth-order valence-corrected chi connectivity index (χ4v) is 2.15. The van der Waals surface area contributed by atoms with E-state index in [0.29, 0.717) is 13.0 Å². The molecule has 1 rings (SSSR count). The van der Waals surface area contributed by atoms with Crippen LogP contribution in [0.3, 0.4) is 0 Å². The SMILES string of the molecule is CCn1ccnc1/C=C/C(=O)NCC(C)(C)CC(C)O. The second kappa shape index (κ2) is 7.24. The van der Waals surface area contributed by atoms with Crippen molar-refractivity contribution >= 4 is 12.0 Å². The number of rotatable bonds is 7. The molecule has 1 aromatic rings. The molecule has 1 aromatic heterocycles. The van der Waals surface area contributed by atoms with E-state index in [1.54, 1.807) is 19.2 Å². The molecule has 0 aliphatic heterocycles. The topological polar surface area (TPSA) is 67.2 Å². The minimum Gasteiger partial charge on any atom is -0.393 e. The second-order valence-corrected chi connectivity index (χ2v) is 5.84. The molecule has 5 nitrogen and oxygen atoms in total. The van der Waals surface area contributed by atoms with Crippen LogP contribution < -0.4 is 5.32 Å². The summed E-state index contributed by atoms with van der Waals surface area (Å²) in [5.74, 6) is 0.625. The van der Waals surface area contributed by atoms with E-state index in [-0.39, 0.29) is 17.4 Å². The van der Waals surface area contributed by atoms with Gasteiger partial charge in [0.1, 0.15) is 5.82 Å². The van der Waals surface area contributed by atoms with E-state index in [0.717, 1.165) is 12.4 Å². The minimum atomic E-state index is -0.366. The fourth-order valence-electron chi connectivity index (χ4n) is 2.15. The molecule has 0 spiro atoms. The summed E-state index contributed by atoms with van der Waals surface area (Å²) in [5.41, 5.74) is -0.125. The summed E-state index contributed by atoms with van der Waals surface area (Å²) in [6.45, 7) is 9.18. The van der Waals surface area contributed by atoms with Gasteiger partial charge in [-0.1, -0.05) is 13.8 Å². The van der Waals surface area contributed by atoms with Crippen LogP contribution in [0.25, 0.3) is 6.08 Å².